The van der Waals surface area contributed by atoms with Crippen molar-refractivity contribution in [3.05, 3.63) is 58.7 Å². The lowest BCUT2D eigenvalue weighted by Gasteiger charge is -2.28. The first-order chi connectivity index (χ1) is 14.5. The fourth-order valence-corrected chi connectivity index (χ4v) is 4.27. The van der Waals surface area contributed by atoms with Crippen LogP contribution in [0.1, 0.15) is 83.2 Å². The highest BCUT2D eigenvalue weighted by Crippen LogP contribution is 2.40. The van der Waals surface area contributed by atoms with Crippen molar-refractivity contribution in [3.63, 3.8) is 0 Å². The lowest BCUT2D eigenvalue weighted by atomic mass is 9.78. The Morgan fingerprint density at radius 2 is 1.44 bits per heavy atom. The number of phenols is 1. The van der Waals surface area contributed by atoms with Crippen molar-refractivity contribution >= 4 is 15.7 Å². The van der Waals surface area contributed by atoms with Gasteiger partial charge < -0.3 is 10.4 Å². The van der Waals surface area contributed by atoms with E-state index in [9.17, 15) is 18.3 Å². The first-order valence-corrected chi connectivity index (χ1v) is 12.9. The number of aryl methyl sites for hydroxylation is 1. The lowest BCUT2D eigenvalue weighted by molar-refractivity contribution is -0.121. The first kappa shape index (κ1) is 25.9. The van der Waals surface area contributed by atoms with E-state index in [0.29, 0.717) is 18.6 Å². The highest BCUT2D eigenvalue weighted by atomic mass is 32.2. The minimum absolute atomic E-state index is 0.0765. The van der Waals surface area contributed by atoms with Gasteiger partial charge in [-0.3, -0.25) is 4.79 Å². The minimum atomic E-state index is -3.24. The molecule has 1 atom stereocenters. The third-order valence-corrected chi connectivity index (χ3v) is 6.74. The molecule has 0 heterocycles. The van der Waals surface area contributed by atoms with Gasteiger partial charge in [0.15, 0.2) is 9.84 Å². The van der Waals surface area contributed by atoms with E-state index in [2.05, 4.69) is 46.9 Å². The third-order valence-electron chi connectivity index (χ3n) is 5.61. The van der Waals surface area contributed by atoms with E-state index in [0.717, 1.165) is 22.3 Å². The standard InChI is InChI=1S/C26H37NO4S/c1-17(19-10-12-20(13-11-19)32(8,30)31)27-23(28)14-9-18-15-21(25(2,3)4)24(29)22(16-18)26(5,6)7/h10-13,15-17,29H,9,14H2,1-8H3,(H,27,28). The van der Waals surface area contributed by atoms with Crippen LogP contribution in [-0.4, -0.2) is 25.7 Å². The van der Waals surface area contributed by atoms with Crippen LogP contribution in [0.5, 0.6) is 5.75 Å². The molecule has 0 aliphatic carbocycles. The maximum atomic E-state index is 12.6. The maximum absolute atomic E-state index is 12.6. The summed E-state index contributed by atoms with van der Waals surface area (Å²) < 4.78 is 23.2. The zero-order chi connectivity index (χ0) is 24.5. The molecule has 0 radical (unpaired) electrons. The van der Waals surface area contributed by atoms with Gasteiger partial charge >= 0.3 is 0 Å². The molecule has 2 rings (SSSR count). The summed E-state index contributed by atoms with van der Waals surface area (Å²) in [6.45, 7) is 14.3. The molecule has 32 heavy (non-hydrogen) atoms. The number of hydrogen-bond acceptors (Lipinski definition) is 4. The summed E-state index contributed by atoms with van der Waals surface area (Å²) in [6.07, 6.45) is 2.06. The normalized spacial score (nSPS) is 13.6. The molecule has 0 fully saturated rings. The number of phenolic OH excluding ortho intramolecular Hbond substituents is 1. The second-order valence-corrected chi connectivity index (χ2v) is 12.7. The van der Waals surface area contributed by atoms with Gasteiger partial charge in [-0.2, -0.15) is 0 Å². The predicted molar refractivity (Wildman–Crippen MR) is 130 cm³/mol. The molecular weight excluding hydrogens is 422 g/mol. The van der Waals surface area contributed by atoms with E-state index >= 15 is 0 Å². The van der Waals surface area contributed by atoms with Gasteiger partial charge in [0.05, 0.1) is 10.9 Å². The van der Waals surface area contributed by atoms with E-state index in [1.165, 1.54) is 6.26 Å². The number of sulfone groups is 1. The average Bonchev–Trinajstić information content (AvgIpc) is 2.64. The molecule has 6 heteroatoms. The molecule has 5 nitrogen and oxygen atoms in total. The van der Waals surface area contributed by atoms with Gasteiger partial charge in [0, 0.05) is 12.7 Å². The van der Waals surface area contributed by atoms with Gasteiger partial charge in [-0.05, 0) is 58.6 Å². The molecule has 2 N–H and O–H groups in total. The van der Waals surface area contributed by atoms with Gasteiger partial charge in [0.25, 0.3) is 0 Å². The molecule has 0 aliphatic rings. The van der Waals surface area contributed by atoms with Crippen molar-refractivity contribution in [2.45, 2.75) is 83.1 Å². The molecule has 0 saturated carbocycles. The summed E-state index contributed by atoms with van der Waals surface area (Å²) in [5, 5.41) is 13.8. The highest BCUT2D eigenvalue weighted by Gasteiger charge is 2.26. The Balaban J connectivity index is 2.13. The molecular formula is C26H37NO4S. The zero-order valence-electron chi connectivity index (χ0n) is 20.5. The Morgan fingerprint density at radius 3 is 1.84 bits per heavy atom. The number of carbonyl (C=O) groups is 1. The fraction of sp³-hybridized carbons (Fsp3) is 0.500. The topological polar surface area (TPSA) is 83.5 Å². The molecule has 0 aliphatic heterocycles. The smallest absolute Gasteiger partial charge is 0.220 e. The van der Waals surface area contributed by atoms with Crippen LogP contribution in [0.3, 0.4) is 0 Å². The van der Waals surface area contributed by atoms with Crippen LogP contribution in [0.25, 0.3) is 0 Å². The molecule has 2 aromatic rings. The van der Waals surface area contributed by atoms with E-state index in [-0.39, 0.29) is 27.7 Å². The summed E-state index contributed by atoms with van der Waals surface area (Å²) in [6, 6.07) is 10.4. The molecule has 0 spiro atoms. The Morgan fingerprint density at radius 1 is 0.969 bits per heavy atom. The van der Waals surface area contributed by atoms with E-state index in [1.54, 1.807) is 24.3 Å². The van der Waals surface area contributed by atoms with Crippen molar-refractivity contribution in [2.75, 3.05) is 6.26 Å². The second kappa shape index (κ2) is 9.26. The molecule has 0 aromatic heterocycles. The van der Waals surface area contributed by atoms with Crippen LogP contribution in [-0.2, 0) is 31.9 Å². The van der Waals surface area contributed by atoms with Gasteiger partial charge in [0.1, 0.15) is 5.75 Å². The van der Waals surface area contributed by atoms with Crippen LogP contribution in [0, 0.1) is 0 Å². The van der Waals surface area contributed by atoms with Crippen LogP contribution in [0.15, 0.2) is 41.3 Å². The quantitative estimate of drug-likeness (QED) is 0.622. The second-order valence-electron chi connectivity index (χ2n) is 10.7. The monoisotopic (exact) mass is 459 g/mol. The summed E-state index contributed by atoms with van der Waals surface area (Å²) in [7, 11) is -3.24. The van der Waals surface area contributed by atoms with Crippen molar-refractivity contribution in [1.29, 1.82) is 0 Å². The Bertz CT molecular complexity index is 1040. The van der Waals surface area contributed by atoms with Crippen molar-refractivity contribution in [1.82, 2.24) is 5.32 Å². The SMILES string of the molecule is CC(NC(=O)CCc1cc(C(C)(C)C)c(O)c(C(C)(C)C)c1)c1ccc(S(C)(=O)=O)cc1. The first-order valence-electron chi connectivity index (χ1n) is 11.0. The summed E-state index contributed by atoms with van der Waals surface area (Å²) in [5.41, 5.74) is 3.22. The maximum Gasteiger partial charge on any atom is 0.220 e. The van der Waals surface area contributed by atoms with Gasteiger partial charge in [-0.1, -0.05) is 65.8 Å². The number of carbonyl (C=O) groups excluding carboxylic acids is 1. The zero-order valence-corrected chi connectivity index (χ0v) is 21.4. The Hall–Kier alpha value is -2.34. The molecule has 1 amide bonds. The van der Waals surface area contributed by atoms with Crippen LogP contribution in [0.2, 0.25) is 0 Å². The number of rotatable bonds is 6. The largest absolute Gasteiger partial charge is 0.507 e. The number of benzene rings is 2. The van der Waals surface area contributed by atoms with E-state index in [1.807, 2.05) is 19.1 Å². The van der Waals surface area contributed by atoms with Crippen molar-refractivity contribution < 1.29 is 18.3 Å². The third kappa shape index (κ3) is 6.58. The predicted octanol–water partition coefficient (Wildman–Crippen LogP) is 5.20. The summed E-state index contributed by atoms with van der Waals surface area (Å²) in [4.78, 5) is 12.9. The number of aromatic hydroxyl groups is 1. The highest BCUT2D eigenvalue weighted by molar-refractivity contribution is 7.90. The summed E-state index contributed by atoms with van der Waals surface area (Å²) in [5.74, 6) is 0.261. The molecule has 176 valence electrons. The lowest BCUT2D eigenvalue weighted by Crippen LogP contribution is -2.27. The molecule has 2 aromatic carbocycles. The van der Waals surface area contributed by atoms with E-state index in [4.69, 9.17) is 0 Å². The van der Waals surface area contributed by atoms with Crippen LogP contribution >= 0.6 is 0 Å². The average molecular weight is 460 g/mol. The number of amides is 1. The van der Waals surface area contributed by atoms with Gasteiger partial charge in [0.2, 0.25) is 5.91 Å². The van der Waals surface area contributed by atoms with Crippen LogP contribution in [0.4, 0.5) is 0 Å². The number of nitrogens with one attached hydrogen (secondary N) is 1. The molecule has 0 bridgehead atoms. The van der Waals surface area contributed by atoms with Crippen molar-refractivity contribution in [3.8, 4) is 5.75 Å². The summed E-state index contributed by atoms with van der Waals surface area (Å²) >= 11 is 0. The van der Waals surface area contributed by atoms with Gasteiger partial charge in [-0.25, -0.2) is 8.42 Å². The molecule has 0 saturated heterocycles. The number of hydrogen-bond donors (Lipinski definition) is 2. The molecule has 1 unspecified atom stereocenters. The Labute approximate surface area is 193 Å². The van der Waals surface area contributed by atoms with Crippen LogP contribution < -0.4 is 5.32 Å². The fourth-order valence-electron chi connectivity index (χ4n) is 3.64. The minimum Gasteiger partial charge on any atom is -0.507 e. The Kier molecular flexibility index (Phi) is 7.50. The van der Waals surface area contributed by atoms with Gasteiger partial charge in [-0.15, -0.1) is 0 Å². The van der Waals surface area contributed by atoms with E-state index < -0.39 is 9.84 Å². The van der Waals surface area contributed by atoms with Crippen molar-refractivity contribution in [2.24, 2.45) is 0 Å².